The predicted octanol–water partition coefficient (Wildman–Crippen LogP) is 2.55. The first-order valence-corrected chi connectivity index (χ1v) is 6.29. The van der Waals surface area contributed by atoms with Crippen molar-refractivity contribution in [3.05, 3.63) is 0 Å². The molecule has 3 nitrogen and oxygen atoms in total. The lowest BCUT2D eigenvalue weighted by molar-refractivity contribution is -0.150. The van der Waals surface area contributed by atoms with Gasteiger partial charge in [0.25, 0.3) is 0 Å². The van der Waals surface area contributed by atoms with Crippen LogP contribution >= 0.6 is 0 Å². The zero-order chi connectivity index (χ0) is 11.1. The molecule has 15 heavy (non-hydrogen) atoms. The molecule has 1 fully saturated rings. The fraction of sp³-hybridized carbons (Fsp3) is 1.00. The van der Waals surface area contributed by atoms with Gasteiger partial charge < -0.3 is 14.9 Å². The Hall–Kier alpha value is -0.120. The first-order valence-electron chi connectivity index (χ1n) is 6.29. The first-order chi connectivity index (χ1) is 7.17. The van der Waals surface area contributed by atoms with Gasteiger partial charge in [0, 0.05) is 0 Å². The van der Waals surface area contributed by atoms with Gasteiger partial charge in [0.2, 0.25) is 0 Å². The van der Waals surface area contributed by atoms with E-state index in [2.05, 4.69) is 11.7 Å². The zero-order valence-electron chi connectivity index (χ0n) is 9.74. The SMILES string of the molecule is CCCCCCCCCCC1OC1(O)O. The normalized spacial score (nSPS) is 23.0. The highest BCUT2D eigenvalue weighted by Gasteiger charge is 2.53. The number of hydrogen-bond donors (Lipinski definition) is 2. The second-order valence-electron chi connectivity index (χ2n) is 4.53. The van der Waals surface area contributed by atoms with Crippen molar-refractivity contribution < 1.29 is 14.9 Å². The Morgan fingerprint density at radius 2 is 1.40 bits per heavy atom. The van der Waals surface area contributed by atoms with E-state index in [1.54, 1.807) is 0 Å². The highest BCUT2D eigenvalue weighted by atomic mass is 16.9. The van der Waals surface area contributed by atoms with Gasteiger partial charge in [0.1, 0.15) is 6.10 Å². The second-order valence-corrected chi connectivity index (χ2v) is 4.53. The molecular formula is C12H24O3. The molecule has 0 aromatic heterocycles. The Kier molecular flexibility index (Phi) is 5.58. The van der Waals surface area contributed by atoms with Crippen molar-refractivity contribution in [3.8, 4) is 0 Å². The van der Waals surface area contributed by atoms with E-state index in [1.807, 2.05) is 0 Å². The van der Waals surface area contributed by atoms with Gasteiger partial charge in [-0.2, -0.15) is 0 Å². The molecular weight excluding hydrogens is 192 g/mol. The molecule has 0 aliphatic carbocycles. The van der Waals surface area contributed by atoms with Gasteiger partial charge in [-0.25, -0.2) is 0 Å². The number of aliphatic hydroxyl groups is 2. The summed E-state index contributed by atoms with van der Waals surface area (Å²) >= 11 is 0. The third-order valence-electron chi connectivity index (χ3n) is 3.00. The lowest BCUT2D eigenvalue weighted by atomic mass is 10.1. The summed E-state index contributed by atoms with van der Waals surface area (Å²) in [5.41, 5.74) is 0. The molecule has 2 N–H and O–H groups in total. The second kappa shape index (κ2) is 6.46. The van der Waals surface area contributed by atoms with Gasteiger partial charge in [0.05, 0.1) is 0 Å². The highest BCUT2D eigenvalue weighted by Crippen LogP contribution is 2.34. The maximum atomic E-state index is 8.92. The Balaban J connectivity index is 1.74. The van der Waals surface area contributed by atoms with Gasteiger partial charge in [-0.05, 0) is 6.42 Å². The summed E-state index contributed by atoms with van der Waals surface area (Å²) in [6.45, 7) is 2.23. The maximum absolute atomic E-state index is 8.92. The minimum absolute atomic E-state index is 0.322. The van der Waals surface area contributed by atoms with Gasteiger partial charge in [0.15, 0.2) is 0 Å². The van der Waals surface area contributed by atoms with Crippen molar-refractivity contribution in [2.45, 2.75) is 76.8 Å². The summed E-state index contributed by atoms with van der Waals surface area (Å²) in [4.78, 5) is 0. The summed E-state index contributed by atoms with van der Waals surface area (Å²) in [5.74, 6) is -1.79. The van der Waals surface area contributed by atoms with Crippen molar-refractivity contribution in [2.75, 3.05) is 0 Å². The fourth-order valence-electron chi connectivity index (χ4n) is 1.89. The van der Waals surface area contributed by atoms with Crippen LogP contribution in [0.2, 0.25) is 0 Å². The first kappa shape index (κ1) is 12.9. The van der Waals surface area contributed by atoms with Crippen LogP contribution in [-0.4, -0.2) is 22.3 Å². The Labute approximate surface area is 92.4 Å². The standard InChI is InChI=1S/C12H24O3/c1-2-3-4-5-6-7-8-9-10-11-12(13,14)15-11/h11,13-14H,2-10H2,1H3. The van der Waals surface area contributed by atoms with Crippen LogP contribution in [0.3, 0.4) is 0 Å². The molecule has 3 heteroatoms. The molecule has 0 saturated carbocycles. The van der Waals surface area contributed by atoms with Gasteiger partial charge >= 0.3 is 5.97 Å². The molecule has 1 saturated heterocycles. The van der Waals surface area contributed by atoms with Crippen molar-refractivity contribution in [3.63, 3.8) is 0 Å². The quantitative estimate of drug-likeness (QED) is 0.354. The van der Waals surface area contributed by atoms with E-state index in [0.717, 1.165) is 12.8 Å². The van der Waals surface area contributed by atoms with Crippen LogP contribution in [0.25, 0.3) is 0 Å². The van der Waals surface area contributed by atoms with Crippen LogP contribution in [0.4, 0.5) is 0 Å². The van der Waals surface area contributed by atoms with Crippen LogP contribution < -0.4 is 0 Å². The number of epoxide rings is 1. The molecule has 0 spiro atoms. The van der Waals surface area contributed by atoms with E-state index in [9.17, 15) is 0 Å². The van der Waals surface area contributed by atoms with Crippen molar-refractivity contribution in [1.29, 1.82) is 0 Å². The van der Waals surface area contributed by atoms with E-state index < -0.39 is 5.97 Å². The Morgan fingerprint density at radius 1 is 0.933 bits per heavy atom. The fourth-order valence-corrected chi connectivity index (χ4v) is 1.89. The van der Waals surface area contributed by atoms with Crippen LogP contribution in [0.15, 0.2) is 0 Å². The molecule has 1 atom stereocenters. The van der Waals surface area contributed by atoms with Crippen LogP contribution in [0.5, 0.6) is 0 Å². The van der Waals surface area contributed by atoms with Crippen molar-refractivity contribution in [1.82, 2.24) is 0 Å². The van der Waals surface area contributed by atoms with E-state index in [4.69, 9.17) is 10.2 Å². The van der Waals surface area contributed by atoms with E-state index in [1.165, 1.54) is 44.9 Å². The largest absolute Gasteiger partial charge is 0.341 e. The van der Waals surface area contributed by atoms with E-state index in [-0.39, 0.29) is 6.10 Å². The highest BCUT2D eigenvalue weighted by molar-refractivity contribution is 4.81. The smallest absolute Gasteiger partial charge is 0.306 e. The summed E-state index contributed by atoms with van der Waals surface area (Å²) in [7, 11) is 0. The van der Waals surface area contributed by atoms with Crippen LogP contribution in [0.1, 0.15) is 64.7 Å². The molecule has 1 heterocycles. The molecule has 0 aromatic rings. The van der Waals surface area contributed by atoms with Gasteiger partial charge in [-0.1, -0.05) is 58.3 Å². The molecule has 90 valence electrons. The van der Waals surface area contributed by atoms with Crippen LogP contribution in [-0.2, 0) is 4.74 Å². The van der Waals surface area contributed by atoms with Gasteiger partial charge in [-0.3, -0.25) is 0 Å². The molecule has 0 bridgehead atoms. The maximum Gasteiger partial charge on any atom is 0.306 e. The van der Waals surface area contributed by atoms with Gasteiger partial charge in [-0.15, -0.1) is 0 Å². The third kappa shape index (κ3) is 5.50. The molecule has 0 radical (unpaired) electrons. The molecule has 1 aliphatic heterocycles. The topological polar surface area (TPSA) is 53.0 Å². The van der Waals surface area contributed by atoms with Crippen molar-refractivity contribution in [2.24, 2.45) is 0 Å². The lowest BCUT2D eigenvalue weighted by Gasteiger charge is -2.00. The molecule has 0 aromatic carbocycles. The minimum atomic E-state index is -1.79. The monoisotopic (exact) mass is 216 g/mol. The summed E-state index contributed by atoms with van der Waals surface area (Å²) in [5, 5.41) is 17.8. The molecule has 1 rings (SSSR count). The van der Waals surface area contributed by atoms with E-state index in [0.29, 0.717) is 0 Å². The number of hydrogen-bond acceptors (Lipinski definition) is 3. The predicted molar refractivity (Wildman–Crippen MR) is 59.3 cm³/mol. The summed E-state index contributed by atoms with van der Waals surface area (Å²) in [6.07, 6.45) is 10.6. The average Bonchev–Trinajstić information content (AvgIpc) is 2.79. The number of ether oxygens (including phenoxy) is 1. The van der Waals surface area contributed by atoms with Crippen LogP contribution in [0, 0.1) is 0 Å². The zero-order valence-corrected chi connectivity index (χ0v) is 9.74. The number of rotatable bonds is 9. The number of unbranched alkanes of at least 4 members (excludes halogenated alkanes) is 7. The van der Waals surface area contributed by atoms with E-state index >= 15 is 0 Å². The Morgan fingerprint density at radius 3 is 1.87 bits per heavy atom. The molecule has 1 aliphatic rings. The lowest BCUT2D eigenvalue weighted by Crippen LogP contribution is -2.11. The van der Waals surface area contributed by atoms with Crippen molar-refractivity contribution >= 4 is 0 Å². The molecule has 0 amide bonds. The summed E-state index contributed by atoms with van der Waals surface area (Å²) in [6, 6.07) is 0. The molecule has 1 unspecified atom stereocenters. The minimum Gasteiger partial charge on any atom is -0.341 e. The Bertz CT molecular complexity index is 168. The third-order valence-corrected chi connectivity index (χ3v) is 3.00. The summed E-state index contributed by atoms with van der Waals surface area (Å²) < 4.78 is 4.68. The average molecular weight is 216 g/mol.